The minimum Gasteiger partial charge on any atom is -0.493 e. The molecule has 1 atom stereocenters. The number of hydrogen-bond donors (Lipinski definition) is 0. The summed E-state index contributed by atoms with van der Waals surface area (Å²) in [7, 11) is -3.82. The maximum absolute atomic E-state index is 13.9. The first-order chi connectivity index (χ1) is 17.1. The molecule has 1 unspecified atom stereocenters. The minimum atomic E-state index is -3.82. The third kappa shape index (κ3) is 5.73. The molecule has 6 nitrogen and oxygen atoms in total. The zero-order chi connectivity index (χ0) is 24.1. The van der Waals surface area contributed by atoms with E-state index in [0.29, 0.717) is 25.3 Å². The molecule has 1 fully saturated rings. The van der Waals surface area contributed by atoms with Gasteiger partial charge in [0.1, 0.15) is 10.6 Å². The number of thiophene rings is 1. The van der Waals surface area contributed by atoms with Crippen molar-refractivity contribution in [3.63, 3.8) is 0 Å². The van der Waals surface area contributed by atoms with Gasteiger partial charge in [0.25, 0.3) is 0 Å². The van der Waals surface area contributed by atoms with E-state index in [4.69, 9.17) is 9.47 Å². The summed E-state index contributed by atoms with van der Waals surface area (Å²) in [6.07, 6.45) is 4.15. The predicted molar refractivity (Wildman–Crippen MR) is 138 cm³/mol. The van der Waals surface area contributed by atoms with E-state index in [9.17, 15) is 8.42 Å². The standard InChI is InChI=1S/C27H28N2O4S2/c30-35(31,26-10-2-6-23-7-3-13-28-27(23)26)29(19-25-9-4-14-32-25)18-22-5-1-8-24(17-22)33-15-11-21-12-16-34-20-21/h1-3,5-8,10,12-13,16-17,20,25H,4,9,11,14-15,18-19H2. The van der Waals surface area contributed by atoms with Crippen LogP contribution in [0.5, 0.6) is 5.75 Å². The van der Waals surface area contributed by atoms with Crippen LogP contribution < -0.4 is 4.74 Å². The summed E-state index contributed by atoms with van der Waals surface area (Å²) in [5.74, 6) is 0.735. The van der Waals surface area contributed by atoms with E-state index in [0.717, 1.165) is 36.0 Å². The first kappa shape index (κ1) is 23.9. The second-order valence-electron chi connectivity index (χ2n) is 8.64. The minimum absolute atomic E-state index is 0.113. The first-order valence-corrected chi connectivity index (χ1v) is 14.2. The molecule has 2 aromatic carbocycles. The largest absolute Gasteiger partial charge is 0.493 e. The molecule has 4 aromatic rings. The van der Waals surface area contributed by atoms with Gasteiger partial charge in [-0.05, 0) is 65.1 Å². The smallest absolute Gasteiger partial charge is 0.245 e. The van der Waals surface area contributed by atoms with Crippen molar-refractivity contribution in [1.29, 1.82) is 0 Å². The lowest BCUT2D eigenvalue weighted by atomic mass is 10.2. The molecule has 0 saturated carbocycles. The van der Waals surface area contributed by atoms with E-state index < -0.39 is 10.0 Å². The number of rotatable bonds is 10. The molecule has 0 aliphatic carbocycles. The Kier molecular flexibility index (Phi) is 7.43. The van der Waals surface area contributed by atoms with Crippen molar-refractivity contribution in [3.05, 3.63) is 88.7 Å². The summed E-state index contributed by atoms with van der Waals surface area (Å²) in [6, 6.07) is 18.7. The summed E-state index contributed by atoms with van der Waals surface area (Å²) < 4.78 is 41.1. The Balaban J connectivity index is 1.39. The van der Waals surface area contributed by atoms with Crippen molar-refractivity contribution in [1.82, 2.24) is 9.29 Å². The number of para-hydroxylation sites is 1. The van der Waals surface area contributed by atoms with E-state index >= 15 is 0 Å². The molecule has 2 aromatic heterocycles. The van der Waals surface area contributed by atoms with Crippen LogP contribution in [0.1, 0.15) is 24.0 Å². The van der Waals surface area contributed by atoms with Crippen LogP contribution in [-0.2, 0) is 27.7 Å². The van der Waals surface area contributed by atoms with Crippen molar-refractivity contribution >= 4 is 32.3 Å². The molecule has 1 aliphatic heterocycles. The second kappa shape index (κ2) is 10.9. The fourth-order valence-electron chi connectivity index (χ4n) is 4.35. The quantitative estimate of drug-likeness (QED) is 0.291. The van der Waals surface area contributed by atoms with Gasteiger partial charge in [0.15, 0.2) is 0 Å². The molecule has 0 N–H and O–H groups in total. The number of benzene rings is 2. The van der Waals surface area contributed by atoms with Crippen LogP contribution in [0.25, 0.3) is 10.9 Å². The maximum Gasteiger partial charge on any atom is 0.245 e. The number of nitrogens with zero attached hydrogens (tertiary/aromatic N) is 2. The second-order valence-corrected chi connectivity index (χ2v) is 11.3. The Morgan fingerprint density at radius 3 is 2.80 bits per heavy atom. The Bertz CT molecular complexity index is 1360. The number of hydrogen-bond acceptors (Lipinski definition) is 6. The molecule has 1 aliphatic rings. The molecule has 0 spiro atoms. The van der Waals surface area contributed by atoms with Gasteiger partial charge in [-0.15, -0.1) is 0 Å². The zero-order valence-corrected chi connectivity index (χ0v) is 21.0. The molecular formula is C27H28N2O4S2. The number of fused-ring (bicyclic) bond motifs is 1. The fourth-order valence-corrected chi connectivity index (χ4v) is 6.67. The number of ether oxygens (including phenoxy) is 2. The molecule has 3 heterocycles. The molecule has 8 heteroatoms. The molecule has 1 saturated heterocycles. The lowest BCUT2D eigenvalue weighted by molar-refractivity contribution is 0.0926. The van der Waals surface area contributed by atoms with Crippen molar-refractivity contribution < 1.29 is 17.9 Å². The highest BCUT2D eigenvalue weighted by Gasteiger charge is 2.31. The van der Waals surface area contributed by atoms with Crippen LogP contribution in [0.15, 0.2) is 82.5 Å². The SMILES string of the molecule is O=S(=O)(c1cccc2cccnc12)N(Cc1cccc(OCCc2ccsc2)c1)CC1CCCO1. The van der Waals surface area contributed by atoms with Gasteiger partial charge >= 0.3 is 0 Å². The predicted octanol–water partition coefficient (Wildman–Crippen LogP) is 5.29. The summed E-state index contributed by atoms with van der Waals surface area (Å²) in [6.45, 7) is 1.77. The third-order valence-electron chi connectivity index (χ3n) is 6.14. The van der Waals surface area contributed by atoms with Crippen LogP contribution in [0.2, 0.25) is 0 Å². The summed E-state index contributed by atoms with van der Waals surface area (Å²) >= 11 is 1.68. The molecule has 182 valence electrons. The normalized spacial score (nSPS) is 16.2. The molecular weight excluding hydrogens is 480 g/mol. The van der Waals surface area contributed by atoms with Gasteiger partial charge in [0.2, 0.25) is 10.0 Å². The van der Waals surface area contributed by atoms with Gasteiger partial charge in [0, 0.05) is 37.7 Å². The third-order valence-corrected chi connectivity index (χ3v) is 8.72. The van der Waals surface area contributed by atoms with Crippen molar-refractivity contribution in [2.24, 2.45) is 0 Å². The molecule has 0 amide bonds. The lowest BCUT2D eigenvalue weighted by Gasteiger charge is -2.25. The number of sulfonamides is 1. The maximum atomic E-state index is 13.9. The Labute approximate surface area is 210 Å². The average molecular weight is 509 g/mol. The summed E-state index contributed by atoms with van der Waals surface area (Å²) in [5, 5.41) is 4.98. The van der Waals surface area contributed by atoms with Crippen LogP contribution in [0.4, 0.5) is 0 Å². The van der Waals surface area contributed by atoms with E-state index in [-0.39, 0.29) is 17.5 Å². The van der Waals surface area contributed by atoms with E-state index in [1.807, 2.05) is 42.5 Å². The van der Waals surface area contributed by atoms with Crippen LogP contribution in [0.3, 0.4) is 0 Å². The number of pyridine rings is 1. The molecule has 35 heavy (non-hydrogen) atoms. The van der Waals surface area contributed by atoms with Crippen LogP contribution >= 0.6 is 11.3 Å². The van der Waals surface area contributed by atoms with Crippen molar-refractivity contribution in [2.45, 2.75) is 36.8 Å². The summed E-state index contributed by atoms with van der Waals surface area (Å²) in [4.78, 5) is 4.60. The lowest BCUT2D eigenvalue weighted by Crippen LogP contribution is -2.37. The highest BCUT2D eigenvalue weighted by molar-refractivity contribution is 7.89. The topological polar surface area (TPSA) is 68.7 Å². The highest BCUT2D eigenvalue weighted by atomic mass is 32.2. The van der Waals surface area contributed by atoms with E-state index in [2.05, 4.69) is 21.8 Å². The Morgan fingerprint density at radius 2 is 1.97 bits per heavy atom. The van der Waals surface area contributed by atoms with Crippen molar-refractivity contribution in [3.8, 4) is 5.75 Å². The van der Waals surface area contributed by atoms with Gasteiger partial charge in [0.05, 0.1) is 18.2 Å². The van der Waals surface area contributed by atoms with Gasteiger partial charge < -0.3 is 9.47 Å². The zero-order valence-electron chi connectivity index (χ0n) is 19.4. The van der Waals surface area contributed by atoms with E-state index in [1.165, 1.54) is 9.87 Å². The fraction of sp³-hybridized carbons (Fsp3) is 0.296. The van der Waals surface area contributed by atoms with Crippen molar-refractivity contribution in [2.75, 3.05) is 19.8 Å². The Hall–Kier alpha value is -2.78. The van der Waals surface area contributed by atoms with Gasteiger partial charge in [-0.1, -0.05) is 30.3 Å². The average Bonchev–Trinajstić information content (AvgIpc) is 3.58. The van der Waals surface area contributed by atoms with Crippen LogP contribution in [-0.4, -0.2) is 43.6 Å². The van der Waals surface area contributed by atoms with Gasteiger partial charge in [-0.25, -0.2) is 8.42 Å². The first-order valence-electron chi connectivity index (χ1n) is 11.8. The highest BCUT2D eigenvalue weighted by Crippen LogP contribution is 2.27. The van der Waals surface area contributed by atoms with Crippen LogP contribution in [0, 0.1) is 0 Å². The monoisotopic (exact) mass is 508 g/mol. The summed E-state index contributed by atoms with van der Waals surface area (Å²) in [5.41, 5.74) is 2.61. The Morgan fingerprint density at radius 1 is 1.09 bits per heavy atom. The van der Waals surface area contributed by atoms with Gasteiger partial charge in [-0.3, -0.25) is 4.98 Å². The molecule has 0 radical (unpaired) electrons. The molecule has 5 rings (SSSR count). The van der Waals surface area contributed by atoms with E-state index in [1.54, 1.807) is 29.7 Å². The molecule has 0 bridgehead atoms. The van der Waals surface area contributed by atoms with Gasteiger partial charge in [-0.2, -0.15) is 15.6 Å². The number of aromatic nitrogens is 1.